The van der Waals surface area contributed by atoms with E-state index in [9.17, 15) is 9.59 Å². The van der Waals surface area contributed by atoms with E-state index >= 15 is 0 Å². The van der Waals surface area contributed by atoms with Crippen molar-refractivity contribution in [2.75, 3.05) is 6.54 Å². The first-order valence-electron chi connectivity index (χ1n) is 6.12. The summed E-state index contributed by atoms with van der Waals surface area (Å²) in [5.74, 6) is -0.998. The number of rotatable bonds is 5. The molecule has 0 saturated carbocycles. The van der Waals surface area contributed by atoms with Crippen LogP contribution >= 0.6 is 22.6 Å². The summed E-state index contributed by atoms with van der Waals surface area (Å²) >= 11 is 2.13. The molecule has 1 N–H and O–H groups in total. The van der Waals surface area contributed by atoms with Gasteiger partial charge in [0, 0.05) is 16.2 Å². The zero-order chi connectivity index (χ0) is 14.6. The SMILES string of the molecule is Cc1ccc(I)c(C(=O)N(CCC(=O)O)C(C)C)c1. The number of hydrogen-bond donors (Lipinski definition) is 1. The van der Waals surface area contributed by atoms with Gasteiger partial charge in [0.2, 0.25) is 0 Å². The van der Waals surface area contributed by atoms with Crippen molar-refractivity contribution in [1.29, 1.82) is 0 Å². The number of aliphatic carboxylic acids is 1. The van der Waals surface area contributed by atoms with Gasteiger partial charge in [0.15, 0.2) is 0 Å². The molecular weight excluding hydrogens is 357 g/mol. The molecule has 0 aliphatic rings. The Bertz CT molecular complexity index is 486. The van der Waals surface area contributed by atoms with Crippen LogP contribution in [0.5, 0.6) is 0 Å². The highest BCUT2D eigenvalue weighted by molar-refractivity contribution is 14.1. The summed E-state index contributed by atoms with van der Waals surface area (Å²) < 4.78 is 0.883. The minimum atomic E-state index is -0.891. The highest BCUT2D eigenvalue weighted by Crippen LogP contribution is 2.18. The first-order valence-corrected chi connectivity index (χ1v) is 7.19. The third kappa shape index (κ3) is 4.49. The molecule has 5 heteroatoms. The third-order valence-corrected chi connectivity index (χ3v) is 3.74. The Hall–Kier alpha value is -1.11. The number of benzene rings is 1. The largest absolute Gasteiger partial charge is 0.481 e. The molecule has 1 aromatic rings. The molecule has 0 aliphatic carbocycles. The maximum Gasteiger partial charge on any atom is 0.305 e. The van der Waals surface area contributed by atoms with Gasteiger partial charge in [0.25, 0.3) is 5.91 Å². The lowest BCUT2D eigenvalue weighted by molar-refractivity contribution is -0.137. The summed E-state index contributed by atoms with van der Waals surface area (Å²) in [4.78, 5) is 24.8. The summed E-state index contributed by atoms with van der Waals surface area (Å²) in [6.07, 6.45) is -0.0354. The van der Waals surface area contributed by atoms with Gasteiger partial charge in [-0.15, -0.1) is 0 Å². The Labute approximate surface area is 126 Å². The number of halogens is 1. The highest BCUT2D eigenvalue weighted by Gasteiger charge is 2.21. The number of amides is 1. The lowest BCUT2D eigenvalue weighted by Gasteiger charge is -2.26. The summed E-state index contributed by atoms with van der Waals surface area (Å²) in [5, 5.41) is 8.76. The van der Waals surface area contributed by atoms with Crippen LogP contribution in [0.25, 0.3) is 0 Å². The molecule has 1 rings (SSSR count). The van der Waals surface area contributed by atoms with E-state index in [0.29, 0.717) is 5.56 Å². The second kappa shape index (κ2) is 6.88. The number of hydrogen-bond acceptors (Lipinski definition) is 2. The van der Waals surface area contributed by atoms with Crippen LogP contribution < -0.4 is 0 Å². The number of carboxylic acids is 1. The molecule has 0 atom stereocenters. The number of carbonyl (C=O) groups excluding carboxylic acids is 1. The van der Waals surface area contributed by atoms with Gasteiger partial charge in [0.1, 0.15) is 0 Å². The first-order chi connectivity index (χ1) is 8.82. The average Bonchev–Trinajstić information content (AvgIpc) is 2.31. The maximum absolute atomic E-state index is 12.5. The zero-order valence-corrected chi connectivity index (χ0v) is 13.5. The molecule has 0 saturated heterocycles. The predicted molar refractivity (Wildman–Crippen MR) is 82.3 cm³/mol. The van der Waals surface area contributed by atoms with Crippen LogP contribution in [0.4, 0.5) is 0 Å². The lowest BCUT2D eigenvalue weighted by atomic mass is 10.1. The van der Waals surface area contributed by atoms with Gasteiger partial charge in [-0.05, 0) is 55.5 Å². The van der Waals surface area contributed by atoms with Crippen molar-refractivity contribution in [2.45, 2.75) is 33.2 Å². The Balaban J connectivity index is 2.99. The minimum absolute atomic E-state index is 0.0248. The van der Waals surface area contributed by atoms with Crippen LogP contribution in [0.2, 0.25) is 0 Å². The van der Waals surface area contributed by atoms with Gasteiger partial charge in [-0.25, -0.2) is 0 Å². The number of nitrogens with zero attached hydrogens (tertiary/aromatic N) is 1. The van der Waals surface area contributed by atoms with E-state index in [1.807, 2.05) is 39.0 Å². The zero-order valence-electron chi connectivity index (χ0n) is 11.3. The van der Waals surface area contributed by atoms with E-state index in [4.69, 9.17) is 5.11 Å². The topological polar surface area (TPSA) is 57.6 Å². The molecule has 1 aromatic carbocycles. The van der Waals surface area contributed by atoms with Crippen LogP contribution in [0.1, 0.15) is 36.2 Å². The van der Waals surface area contributed by atoms with Crippen molar-refractivity contribution in [3.05, 3.63) is 32.9 Å². The maximum atomic E-state index is 12.5. The van der Waals surface area contributed by atoms with E-state index < -0.39 is 5.97 Å². The standard InChI is InChI=1S/C14H18INO3/c1-9(2)16(7-6-13(17)18)14(19)11-8-10(3)4-5-12(11)15/h4-5,8-9H,6-7H2,1-3H3,(H,17,18). The van der Waals surface area contributed by atoms with Crippen molar-refractivity contribution in [3.63, 3.8) is 0 Å². The fraction of sp³-hybridized carbons (Fsp3) is 0.429. The normalized spacial score (nSPS) is 10.6. The number of carboxylic acid groups (broad SMARTS) is 1. The van der Waals surface area contributed by atoms with Gasteiger partial charge >= 0.3 is 5.97 Å². The van der Waals surface area contributed by atoms with E-state index in [1.54, 1.807) is 4.90 Å². The predicted octanol–water partition coefficient (Wildman–Crippen LogP) is 2.92. The average molecular weight is 375 g/mol. The van der Waals surface area contributed by atoms with Crippen LogP contribution in [-0.2, 0) is 4.79 Å². The molecular formula is C14H18INO3. The lowest BCUT2D eigenvalue weighted by Crippen LogP contribution is -2.38. The molecule has 104 valence electrons. The number of aryl methyl sites for hydroxylation is 1. The van der Waals surface area contributed by atoms with E-state index in [0.717, 1.165) is 9.13 Å². The van der Waals surface area contributed by atoms with Crippen LogP contribution in [0.15, 0.2) is 18.2 Å². The fourth-order valence-electron chi connectivity index (χ4n) is 1.77. The number of carbonyl (C=O) groups is 2. The highest BCUT2D eigenvalue weighted by atomic mass is 127. The monoisotopic (exact) mass is 375 g/mol. The summed E-state index contributed by atoms with van der Waals surface area (Å²) in [6.45, 7) is 5.95. The van der Waals surface area contributed by atoms with E-state index in [-0.39, 0.29) is 24.9 Å². The van der Waals surface area contributed by atoms with Gasteiger partial charge in [-0.2, -0.15) is 0 Å². The molecule has 4 nitrogen and oxygen atoms in total. The van der Waals surface area contributed by atoms with Crippen LogP contribution in [-0.4, -0.2) is 34.5 Å². The molecule has 0 spiro atoms. The van der Waals surface area contributed by atoms with Crippen molar-refractivity contribution in [3.8, 4) is 0 Å². The summed E-state index contributed by atoms with van der Waals surface area (Å²) in [5.41, 5.74) is 1.66. The molecule has 19 heavy (non-hydrogen) atoms. The van der Waals surface area contributed by atoms with Gasteiger partial charge < -0.3 is 10.0 Å². The van der Waals surface area contributed by atoms with E-state index in [2.05, 4.69) is 22.6 Å². The molecule has 0 radical (unpaired) electrons. The molecule has 0 heterocycles. The molecule has 0 fully saturated rings. The van der Waals surface area contributed by atoms with Crippen LogP contribution in [0, 0.1) is 10.5 Å². The minimum Gasteiger partial charge on any atom is -0.481 e. The van der Waals surface area contributed by atoms with Crippen molar-refractivity contribution in [1.82, 2.24) is 4.90 Å². The van der Waals surface area contributed by atoms with Gasteiger partial charge in [-0.3, -0.25) is 9.59 Å². The molecule has 1 amide bonds. The molecule has 0 bridgehead atoms. The molecule has 0 aliphatic heterocycles. The quantitative estimate of drug-likeness (QED) is 0.806. The third-order valence-electron chi connectivity index (χ3n) is 2.80. The summed E-state index contributed by atoms with van der Waals surface area (Å²) in [6, 6.07) is 5.68. The Morgan fingerprint density at radius 2 is 2.00 bits per heavy atom. The van der Waals surface area contributed by atoms with E-state index in [1.165, 1.54) is 0 Å². The molecule has 0 aromatic heterocycles. The van der Waals surface area contributed by atoms with Crippen LogP contribution in [0.3, 0.4) is 0 Å². The molecule has 0 unspecified atom stereocenters. The van der Waals surface area contributed by atoms with Crippen molar-refractivity contribution < 1.29 is 14.7 Å². The smallest absolute Gasteiger partial charge is 0.305 e. The summed E-state index contributed by atoms with van der Waals surface area (Å²) in [7, 11) is 0. The Kier molecular flexibility index (Phi) is 5.78. The van der Waals surface area contributed by atoms with Gasteiger partial charge in [-0.1, -0.05) is 11.6 Å². The van der Waals surface area contributed by atoms with Crippen molar-refractivity contribution >= 4 is 34.5 Å². The van der Waals surface area contributed by atoms with Gasteiger partial charge in [0.05, 0.1) is 12.0 Å². The Morgan fingerprint density at radius 3 is 2.53 bits per heavy atom. The fourth-order valence-corrected chi connectivity index (χ4v) is 2.33. The van der Waals surface area contributed by atoms with Crippen molar-refractivity contribution in [2.24, 2.45) is 0 Å². The second-order valence-corrected chi connectivity index (χ2v) is 5.88. The first kappa shape index (κ1) is 15.9. The second-order valence-electron chi connectivity index (χ2n) is 4.72. The Morgan fingerprint density at radius 1 is 1.37 bits per heavy atom.